The van der Waals surface area contributed by atoms with E-state index in [0.717, 1.165) is 9.64 Å². The second kappa shape index (κ2) is 9.97. The molecule has 0 bridgehead atoms. The van der Waals surface area contributed by atoms with Crippen molar-refractivity contribution >= 4 is 67.4 Å². The number of aliphatic hydroxyl groups excluding tert-OH is 1. The van der Waals surface area contributed by atoms with Gasteiger partial charge >= 0.3 is 0 Å². The highest BCUT2D eigenvalue weighted by molar-refractivity contribution is 14.1. The van der Waals surface area contributed by atoms with Gasteiger partial charge in [-0.2, -0.15) is 0 Å². The third-order valence-corrected chi connectivity index (χ3v) is 5.07. The van der Waals surface area contributed by atoms with Gasteiger partial charge in [-0.05, 0) is 69.2 Å². The first-order valence-electron chi connectivity index (χ1n) is 7.74. The molecule has 1 amide bonds. The van der Waals surface area contributed by atoms with E-state index < -0.39 is 29.3 Å². The number of carbonyl (C=O) groups excluding carboxylic acids is 1. The Kier molecular flexibility index (Phi) is 8.22. The van der Waals surface area contributed by atoms with E-state index in [4.69, 9.17) is 16.4 Å². The summed E-state index contributed by atoms with van der Waals surface area (Å²) in [6, 6.07) is 6.05. The number of anilines is 2. The van der Waals surface area contributed by atoms with Gasteiger partial charge in [-0.1, -0.05) is 18.5 Å². The van der Waals surface area contributed by atoms with Crippen LogP contribution in [0.1, 0.15) is 23.7 Å². The third-order valence-electron chi connectivity index (χ3n) is 3.51. The van der Waals surface area contributed by atoms with E-state index in [0.29, 0.717) is 12.1 Å². The maximum absolute atomic E-state index is 14.5. The van der Waals surface area contributed by atoms with Crippen molar-refractivity contribution in [2.75, 3.05) is 11.9 Å². The summed E-state index contributed by atoms with van der Waals surface area (Å²) in [6.07, 6.45) is -0.324. The third kappa shape index (κ3) is 5.74. The highest BCUT2D eigenvalue weighted by Crippen LogP contribution is 2.34. The summed E-state index contributed by atoms with van der Waals surface area (Å²) >= 11 is 11.1. The molecule has 0 aliphatic carbocycles. The zero-order valence-electron chi connectivity index (χ0n) is 14.0. The molecule has 0 aliphatic heterocycles. The van der Waals surface area contributed by atoms with Crippen molar-refractivity contribution in [1.82, 2.24) is 5.48 Å². The van der Waals surface area contributed by atoms with E-state index in [1.807, 2.05) is 0 Å². The van der Waals surface area contributed by atoms with Gasteiger partial charge in [0.1, 0.15) is 6.61 Å². The normalized spacial score (nSPS) is 12.0. The van der Waals surface area contributed by atoms with Gasteiger partial charge in [0.2, 0.25) is 0 Å². The number of rotatable bonds is 7. The van der Waals surface area contributed by atoms with Crippen LogP contribution in [0, 0.1) is 15.2 Å². The number of hydroxylamine groups is 1. The van der Waals surface area contributed by atoms with Crippen LogP contribution in [0.25, 0.3) is 0 Å². The number of benzene rings is 2. The number of halogens is 5. The van der Waals surface area contributed by atoms with Gasteiger partial charge in [0, 0.05) is 3.57 Å². The van der Waals surface area contributed by atoms with Crippen molar-refractivity contribution in [3.63, 3.8) is 0 Å². The van der Waals surface area contributed by atoms with Crippen molar-refractivity contribution < 1.29 is 23.5 Å². The van der Waals surface area contributed by atoms with Gasteiger partial charge in [0.25, 0.3) is 5.91 Å². The molecule has 0 heterocycles. The average Bonchev–Trinajstić information content (AvgIpc) is 2.63. The minimum Gasteiger partial charge on any atom is -0.391 e. The predicted molar refractivity (Wildman–Crippen MR) is 111 cm³/mol. The SMILES string of the molecule is CCC(O)CONC(=O)c1cc(Br)c(F)c(F)c1Nc1ccc(I)cc1Cl. The molecule has 2 aromatic carbocycles. The molecule has 0 saturated carbocycles. The zero-order chi connectivity index (χ0) is 20.1. The largest absolute Gasteiger partial charge is 0.391 e. The highest BCUT2D eigenvalue weighted by atomic mass is 127. The molecule has 2 aromatic rings. The number of hydrogen-bond donors (Lipinski definition) is 3. The van der Waals surface area contributed by atoms with E-state index in [2.05, 4.69) is 49.3 Å². The molecule has 0 spiro atoms. The van der Waals surface area contributed by atoms with E-state index in [1.54, 1.807) is 25.1 Å². The molecule has 0 aromatic heterocycles. The van der Waals surface area contributed by atoms with Gasteiger partial charge in [-0.3, -0.25) is 9.63 Å². The number of amides is 1. The van der Waals surface area contributed by atoms with Crippen LogP contribution >= 0.6 is 50.1 Å². The number of nitrogens with one attached hydrogen (secondary N) is 2. The van der Waals surface area contributed by atoms with Gasteiger partial charge in [-0.15, -0.1) is 0 Å². The first-order valence-corrected chi connectivity index (χ1v) is 9.99. The standard InChI is InChI=1S/C17H15BrClF2IN2O3/c1-2-9(25)7-27-24-17(26)10-6-11(18)14(20)15(21)16(10)23-13-4-3-8(22)5-12(13)19/h3-6,9,23,25H,2,7H2,1H3,(H,24,26). The van der Waals surface area contributed by atoms with Crippen LogP contribution in [-0.4, -0.2) is 23.7 Å². The van der Waals surface area contributed by atoms with Gasteiger partial charge < -0.3 is 10.4 Å². The fourth-order valence-electron chi connectivity index (χ4n) is 2.00. The van der Waals surface area contributed by atoms with E-state index >= 15 is 0 Å². The molecular weight excluding hydrogens is 560 g/mol. The molecule has 27 heavy (non-hydrogen) atoms. The van der Waals surface area contributed by atoms with Crippen molar-refractivity contribution in [3.05, 3.63) is 54.5 Å². The molecule has 0 aliphatic rings. The van der Waals surface area contributed by atoms with Crippen LogP contribution in [0.3, 0.4) is 0 Å². The maximum atomic E-state index is 14.5. The van der Waals surface area contributed by atoms with E-state index in [-0.39, 0.29) is 21.7 Å². The van der Waals surface area contributed by atoms with Crippen molar-refractivity contribution in [2.45, 2.75) is 19.4 Å². The Bertz CT molecular complexity index is 857. The molecular formula is C17H15BrClF2IN2O3. The molecule has 0 fully saturated rings. The van der Waals surface area contributed by atoms with Crippen LogP contribution in [0.2, 0.25) is 5.02 Å². The molecule has 2 rings (SSSR count). The molecule has 0 radical (unpaired) electrons. The lowest BCUT2D eigenvalue weighted by Gasteiger charge is -2.16. The Labute approximate surface area is 181 Å². The summed E-state index contributed by atoms with van der Waals surface area (Å²) in [4.78, 5) is 17.3. The molecule has 10 heteroatoms. The lowest BCUT2D eigenvalue weighted by molar-refractivity contribution is -0.0133. The Morgan fingerprint density at radius 2 is 2.07 bits per heavy atom. The van der Waals surface area contributed by atoms with E-state index in [1.165, 1.54) is 0 Å². The fraction of sp³-hybridized carbons (Fsp3) is 0.235. The summed E-state index contributed by atoms with van der Waals surface area (Å²) in [5.74, 6) is -3.22. The Morgan fingerprint density at radius 1 is 1.37 bits per heavy atom. The van der Waals surface area contributed by atoms with Crippen LogP contribution < -0.4 is 10.8 Å². The molecule has 1 unspecified atom stereocenters. The summed E-state index contributed by atoms with van der Waals surface area (Å²) in [6.45, 7) is 1.61. The second-order valence-corrected chi connectivity index (χ2v) is 7.97. The fourth-order valence-corrected chi connectivity index (χ4v) is 3.30. The Morgan fingerprint density at radius 3 is 2.70 bits per heavy atom. The quantitative estimate of drug-likeness (QED) is 0.242. The summed E-state index contributed by atoms with van der Waals surface area (Å²) in [7, 11) is 0. The zero-order valence-corrected chi connectivity index (χ0v) is 18.5. The van der Waals surface area contributed by atoms with E-state index in [9.17, 15) is 18.7 Å². The molecule has 3 N–H and O–H groups in total. The molecule has 5 nitrogen and oxygen atoms in total. The van der Waals surface area contributed by atoms with Crippen molar-refractivity contribution in [3.8, 4) is 0 Å². The number of aliphatic hydroxyl groups is 1. The van der Waals surface area contributed by atoms with Crippen LogP contribution in [0.4, 0.5) is 20.2 Å². The average molecular weight is 576 g/mol. The molecule has 146 valence electrons. The minimum atomic E-state index is -1.25. The summed E-state index contributed by atoms with van der Waals surface area (Å²) < 4.78 is 29.2. The topological polar surface area (TPSA) is 70.6 Å². The van der Waals surface area contributed by atoms with Crippen LogP contribution in [0.15, 0.2) is 28.7 Å². The second-order valence-electron chi connectivity index (χ2n) is 5.46. The minimum absolute atomic E-state index is 0.140. The molecule has 0 saturated heterocycles. The Balaban J connectivity index is 2.34. The van der Waals surface area contributed by atoms with Crippen molar-refractivity contribution in [1.29, 1.82) is 0 Å². The first kappa shape index (κ1) is 22.3. The number of carbonyl (C=O) groups is 1. The molecule has 1 atom stereocenters. The van der Waals surface area contributed by atoms with Gasteiger partial charge in [0.15, 0.2) is 11.6 Å². The van der Waals surface area contributed by atoms with Crippen LogP contribution in [-0.2, 0) is 4.84 Å². The summed E-state index contributed by atoms with van der Waals surface area (Å²) in [5.41, 5.74) is 1.81. The predicted octanol–water partition coefficient (Wildman–Crippen LogP) is 5.16. The lowest BCUT2D eigenvalue weighted by atomic mass is 10.1. The first-order chi connectivity index (χ1) is 12.7. The smallest absolute Gasteiger partial charge is 0.277 e. The van der Waals surface area contributed by atoms with Crippen LogP contribution in [0.5, 0.6) is 0 Å². The lowest BCUT2D eigenvalue weighted by Crippen LogP contribution is -2.29. The highest BCUT2D eigenvalue weighted by Gasteiger charge is 2.23. The van der Waals surface area contributed by atoms with Gasteiger partial charge in [-0.25, -0.2) is 14.3 Å². The number of hydrogen-bond acceptors (Lipinski definition) is 4. The maximum Gasteiger partial charge on any atom is 0.277 e. The van der Waals surface area contributed by atoms with Crippen molar-refractivity contribution in [2.24, 2.45) is 0 Å². The Hall–Kier alpha value is -1.01. The van der Waals surface area contributed by atoms with Gasteiger partial charge in [0.05, 0.1) is 32.5 Å². The monoisotopic (exact) mass is 574 g/mol. The summed E-state index contributed by atoms with van der Waals surface area (Å²) in [5, 5.41) is 12.4.